The van der Waals surface area contributed by atoms with Crippen LogP contribution in [0.4, 0.5) is 0 Å². The van der Waals surface area contributed by atoms with E-state index in [1.807, 2.05) is 0 Å². The lowest BCUT2D eigenvalue weighted by atomic mass is 10.1. The van der Waals surface area contributed by atoms with Gasteiger partial charge in [0.15, 0.2) is 0 Å². The molecule has 0 saturated carbocycles. The van der Waals surface area contributed by atoms with Crippen LogP contribution in [0.15, 0.2) is 0 Å². The van der Waals surface area contributed by atoms with E-state index in [9.17, 15) is 4.57 Å². The molecule has 0 heterocycles. The molecule has 0 rings (SSSR count). The van der Waals surface area contributed by atoms with Crippen molar-refractivity contribution < 1.29 is 18.3 Å². The quantitative estimate of drug-likeness (QED) is 0.207. The van der Waals surface area contributed by atoms with Crippen molar-refractivity contribution in [2.75, 3.05) is 33.1 Å². The predicted molar refractivity (Wildman–Crippen MR) is 103 cm³/mol. The van der Waals surface area contributed by atoms with Gasteiger partial charge < -0.3 is 13.8 Å². The maximum Gasteiger partial charge on any atom is 0.330 e. The second-order valence-corrected chi connectivity index (χ2v) is 8.98. The van der Waals surface area contributed by atoms with Crippen molar-refractivity contribution in [2.24, 2.45) is 5.92 Å². The number of hydrogen-bond donors (Lipinski definition) is 0. The highest BCUT2D eigenvalue weighted by atomic mass is 31.2. The molecule has 146 valence electrons. The Morgan fingerprint density at radius 2 is 1.38 bits per heavy atom. The molecule has 0 aromatic rings. The second-order valence-electron chi connectivity index (χ2n) is 6.80. The lowest BCUT2D eigenvalue weighted by molar-refractivity contribution is 0.163. The van der Waals surface area contributed by atoms with Gasteiger partial charge in [0.05, 0.1) is 19.4 Å². The van der Waals surface area contributed by atoms with Crippen LogP contribution in [0.3, 0.4) is 0 Å². The van der Waals surface area contributed by atoms with Gasteiger partial charge in [0, 0.05) is 13.7 Å². The first-order valence-electron chi connectivity index (χ1n) is 9.95. The highest BCUT2D eigenvalue weighted by Gasteiger charge is 2.23. The number of methoxy groups -OCH3 is 1. The summed E-state index contributed by atoms with van der Waals surface area (Å²) in [6, 6.07) is 0. The topological polar surface area (TPSA) is 44.8 Å². The van der Waals surface area contributed by atoms with Crippen LogP contribution in [0, 0.1) is 5.92 Å². The molecule has 2 unspecified atom stereocenters. The van der Waals surface area contributed by atoms with Gasteiger partial charge in [0.1, 0.15) is 0 Å². The Bertz CT molecular complexity index is 310. The van der Waals surface area contributed by atoms with Crippen LogP contribution >= 0.6 is 7.60 Å². The lowest BCUT2D eigenvalue weighted by Gasteiger charge is -2.19. The van der Waals surface area contributed by atoms with Crippen molar-refractivity contribution in [3.63, 3.8) is 0 Å². The lowest BCUT2D eigenvalue weighted by Crippen LogP contribution is -2.07. The van der Waals surface area contributed by atoms with E-state index in [0.717, 1.165) is 45.1 Å². The summed E-state index contributed by atoms with van der Waals surface area (Å²) in [5.41, 5.74) is 0. The number of hydrogen-bond acceptors (Lipinski definition) is 4. The van der Waals surface area contributed by atoms with E-state index < -0.39 is 7.60 Å². The molecule has 0 aliphatic heterocycles. The average Bonchev–Trinajstić information content (AvgIpc) is 2.57. The highest BCUT2D eigenvalue weighted by Crippen LogP contribution is 2.49. The maximum absolute atomic E-state index is 12.8. The van der Waals surface area contributed by atoms with E-state index in [4.69, 9.17) is 13.8 Å². The number of rotatable bonds is 18. The molecule has 0 aromatic carbocycles. The van der Waals surface area contributed by atoms with Gasteiger partial charge in [0.25, 0.3) is 0 Å². The Kier molecular flexibility index (Phi) is 16.6. The van der Waals surface area contributed by atoms with Gasteiger partial charge in [-0.15, -0.1) is 0 Å². The number of unbranched alkanes of at least 4 members (excludes halogenated alkanes) is 6. The molecular formula is C19H41O4P. The Morgan fingerprint density at radius 1 is 0.792 bits per heavy atom. The van der Waals surface area contributed by atoms with Crippen LogP contribution in [-0.4, -0.2) is 33.1 Å². The second kappa shape index (κ2) is 16.6. The fraction of sp³-hybridized carbons (Fsp3) is 1.00. The van der Waals surface area contributed by atoms with Crippen molar-refractivity contribution >= 4 is 7.60 Å². The molecule has 0 aliphatic rings. The fourth-order valence-corrected chi connectivity index (χ4v) is 4.29. The summed E-state index contributed by atoms with van der Waals surface area (Å²) in [5.74, 6) is 0.517. The van der Waals surface area contributed by atoms with Crippen LogP contribution < -0.4 is 0 Å². The molecular weight excluding hydrogens is 323 g/mol. The standard InChI is InChI=1S/C19H41O4P/c1-5-7-9-10-11-12-15-22-24(20,18-8-6-2)23-17-14-19(3)13-16-21-4/h19H,5-18H2,1-4H3. The molecule has 0 fully saturated rings. The number of ether oxygens (including phenoxy) is 1. The van der Waals surface area contributed by atoms with Crippen LogP contribution in [0.25, 0.3) is 0 Å². The molecule has 0 aromatic heterocycles. The molecule has 0 aliphatic carbocycles. The smallest absolute Gasteiger partial charge is 0.330 e. The van der Waals surface area contributed by atoms with Crippen LogP contribution in [0.2, 0.25) is 0 Å². The van der Waals surface area contributed by atoms with Crippen LogP contribution in [0.1, 0.15) is 85.0 Å². The third kappa shape index (κ3) is 14.5. The van der Waals surface area contributed by atoms with Gasteiger partial charge >= 0.3 is 7.60 Å². The third-order valence-corrected chi connectivity index (χ3v) is 6.30. The van der Waals surface area contributed by atoms with Gasteiger partial charge in [-0.25, -0.2) is 0 Å². The van der Waals surface area contributed by atoms with Crippen molar-refractivity contribution in [3.05, 3.63) is 0 Å². The van der Waals surface area contributed by atoms with Crippen LogP contribution in [0.5, 0.6) is 0 Å². The SMILES string of the molecule is CCCCCCCCOP(=O)(CCCC)OCCC(C)CCOC. The minimum Gasteiger partial charge on any atom is -0.385 e. The third-order valence-electron chi connectivity index (χ3n) is 4.28. The normalized spacial score (nSPS) is 15.3. The summed E-state index contributed by atoms with van der Waals surface area (Å²) in [5, 5.41) is 0. The molecule has 0 amide bonds. The summed E-state index contributed by atoms with van der Waals surface area (Å²) < 4.78 is 29.4. The molecule has 2 atom stereocenters. The largest absolute Gasteiger partial charge is 0.385 e. The average molecular weight is 365 g/mol. The Balaban J connectivity index is 4.00. The van der Waals surface area contributed by atoms with Crippen molar-refractivity contribution in [1.29, 1.82) is 0 Å². The molecule has 24 heavy (non-hydrogen) atoms. The Hall–Kier alpha value is 0.110. The monoisotopic (exact) mass is 364 g/mol. The van der Waals surface area contributed by atoms with Crippen molar-refractivity contribution in [2.45, 2.75) is 85.0 Å². The maximum atomic E-state index is 12.8. The Morgan fingerprint density at radius 3 is 2.04 bits per heavy atom. The zero-order valence-corrected chi connectivity index (χ0v) is 17.5. The minimum atomic E-state index is -2.91. The van der Waals surface area contributed by atoms with Gasteiger partial charge in [-0.1, -0.05) is 59.3 Å². The van der Waals surface area contributed by atoms with E-state index in [1.165, 1.54) is 25.7 Å². The van der Waals surface area contributed by atoms with Crippen LogP contribution in [-0.2, 0) is 18.3 Å². The minimum absolute atomic E-state index is 0.516. The summed E-state index contributed by atoms with van der Waals surface area (Å²) in [6.45, 7) is 8.35. The summed E-state index contributed by atoms with van der Waals surface area (Å²) >= 11 is 0. The van der Waals surface area contributed by atoms with E-state index in [1.54, 1.807) is 7.11 Å². The van der Waals surface area contributed by atoms with E-state index in [2.05, 4.69) is 20.8 Å². The predicted octanol–water partition coefficient (Wildman–Crippen LogP) is 6.44. The molecule has 4 nitrogen and oxygen atoms in total. The van der Waals surface area contributed by atoms with E-state index >= 15 is 0 Å². The highest BCUT2D eigenvalue weighted by molar-refractivity contribution is 7.53. The first-order valence-corrected chi connectivity index (χ1v) is 11.7. The van der Waals surface area contributed by atoms with Gasteiger partial charge in [0.2, 0.25) is 0 Å². The zero-order valence-electron chi connectivity index (χ0n) is 16.6. The first-order chi connectivity index (χ1) is 11.6. The van der Waals surface area contributed by atoms with E-state index in [0.29, 0.717) is 25.3 Å². The molecule has 0 saturated heterocycles. The summed E-state index contributed by atoms with van der Waals surface area (Å²) in [6.07, 6.45) is 11.6. The zero-order chi connectivity index (χ0) is 18.1. The molecule has 5 heteroatoms. The van der Waals surface area contributed by atoms with Crippen molar-refractivity contribution in [3.8, 4) is 0 Å². The van der Waals surface area contributed by atoms with Crippen molar-refractivity contribution in [1.82, 2.24) is 0 Å². The first kappa shape index (κ1) is 24.1. The molecule has 0 spiro atoms. The van der Waals surface area contributed by atoms with Gasteiger partial charge in [-0.2, -0.15) is 0 Å². The Labute approximate surface area is 150 Å². The summed E-state index contributed by atoms with van der Waals surface area (Å²) in [7, 11) is -1.19. The van der Waals surface area contributed by atoms with E-state index in [-0.39, 0.29) is 0 Å². The fourth-order valence-electron chi connectivity index (χ4n) is 2.46. The molecule has 0 N–H and O–H groups in total. The summed E-state index contributed by atoms with van der Waals surface area (Å²) in [4.78, 5) is 0. The van der Waals surface area contributed by atoms with Gasteiger partial charge in [-0.3, -0.25) is 4.57 Å². The molecule has 0 radical (unpaired) electrons. The molecule has 0 bridgehead atoms. The van der Waals surface area contributed by atoms with Gasteiger partial charge in [-0.05, 0) is 31.6 Å².